The molecule has 0 spiro atoms. The summed E-state index contributed by atoms with van der Waals surface area (Å²) in [5.74, 6) is 1.49. The van der Waals surface area contributed by atoms with Gasteiger partial charge in [0.1, 0.15) is 0 Å². The molecule has 2 fully saturated rings. The smallest absolute Gasteiger partial charge is 0.0836 e. The van der Waals surface area contributed by atoms with Crippen molar-refractivity contribution in [1.82, 2.24) is 0 Å². The van der Waals surface area contributed by atoms with Gasteiger partial charge in [-0.05, 0) is 37.5 Å². The average Bonchev–Trinajstić information content (AvgIpc) is 2.21. The van der Waals surface area contributed by atoms with Crippen molar-refractivity contribution >= 4 is 0 Å². The van der Waals surface area contributed by atoms with Crippen LogP contribution in [0, 0.1) is 11.8 Å². The van der Waals surface area contributed by atoms with Gasteiger partial charge in [-0.2, -0.15) is 0 Å². The first kappa shape index (κ1) is 10.4. The molecule has 4 unspecified atom stereocenters. The SMILES string of the molecule is CC1CCC(C2CCC(C)CO2)OC1. The lowest BCUT2D eigenvalue weighted by molar-refractivity contribution is -0.127. The number of hydrogen-bond acceptors (Lipinski definition) is 2. The van der Waals surface area contributed by atoms with Crippen molar-refractivity contribution in [2.24, 2.45) is 11.8 Å². The molecule has 0 N–H and O–H groups in total. The van der Waals surface area contributed by atoms with E-state index >= 15 is 0 Å². The van der Waals surface area contributed by atoms with Crippen LogP contribution < -0.4 is 0 Å². The highest BCUT2D eigenvalue weighted by Crippen LogP contribution is 2.28. The fourth-order valence-electron chi connectivity index (χ4n) is 2.39. The molecule has 0 bridgehead atoms. The maximum absolute atomic E-state index is 5.84. The average molecular weight is 198 g/mol. The third-order valence-corrected chi connectivity index (χ3v) is 3.49. The monoisotopic (exact) mass is 198 g/mol. The van der Waals surface area contributed by atoms with E-state index in [0.717, 1.165) is 25.0 Å². The first-order valence-electron chi connectivity index (χ1n) is 5.99. The van der Waals surface area contributed by atoms with Gasteiger partial charge in [-0.15, -0.1) is 0 Å². The molecule has 2 heteroatoms. The zero-order chi connectivity index (χ0) is 9.97. The summed E-state index contributed by atoms with van der Waals surface area (Å²) in [4.78, 5) is 0. The lowest BCUT2D eigenvalue weighted by Crippen LogP contribution is -2.39. The zero-order valence-corrected chi connectivity index (χ0v) is 9.37. The van der Waals surface area contributed by atoms with Crippen molar-refractivity contribution in [3.8, 4) is 0 Å². The van der Waals surface area contributed by atoms with Crippen molar-refractivity contribution < 1.29 is 9.47 Å². The van der Waals surface area contributed by atoms with E-state index in [0.29, 0.717) is 12.2 Å². The van der Waals surface area contributed by atoms with Gasteiger partial charge in [0.05, 0.1) is 12.2 Å². The van der Waals surface area contributed by atoms with Gasteiger partial charge in [-0.1, -0.05) is 13.8 Å². The van der Waals surface area contributed by atoms with Crippen LogP contribution in [0.3, 0.4) is 0 Å². The largest absolute Gasteiger partial charge is 0.375 e. The summed E-state index contributed by atoms with van der Waals surface area (Å²) in [5.41, 5.74) is 0. The molecular weight excluding hydrogens is 176 g/mol. The lowest BCUT2D eigenvalue weighted by Gasteiger charge is -2.36. The molecule has 2 heterocycles. The van der Waals surface area contributed by atoms with Gasteiger partial charge in [-0.3, -0.25) is 0 Å². The van der Waals surface area contributed by atoms with Gasteiger partial charge < -0.3 is 9.47 Å². The Bertz CT molecular complexity index is 145. The summed E-state index contributed by atoms with van der Waals surface area (Å²) in [6.45, 7) is 6.39. The van der Waals surface area contributed by atoms with Crippen LogP contribution in [0.5, 0.6) is 0 Å². The minimum Gasteiger partial charge on any atom is -0.375 e. The van der Waals surface area contributed by atoms with Crippen molar-refractivity contribution in [2.45, 2.75) is 51.7 Å². The third kappa shape index (κ3) is 2.48. The molecule has 0 aromatic rings. The minimum absolute atomic E-state index is 0.388. The predicted octanol–water partition coefficient (Wildman–Crippen LogP) is 2.62. The molecule has 0 radical (unpaired) electrons. The maximum Gasteiger partial charge on any atom is 0.0836 e. The van der Waals surface area contributed by atoms with Crippen LogP contribution in [0.2, 0.25) is 0 Å². The van der Waals surface area contributed by atoms with Gasteiger partial charge >= 0.3 is 0 Å². The minimum atomic E-state index is 0.388. The summed E-state index contributed by atoms with van der Waals surface area (Å²) >= 11 is 0. The summed E-state index contributed by atoms with van der Waals surface area (Å²) in [6.07, 6.45) is 5.78. The van der Waals surface area contributed by atoms with E-state index in [9.17, 15) is 0 Å². The van der Waals surface area contributed by atoms with Gasteiger partial charge in [0.15, 0.2) is 0 Å². The number of hydrogen-bond donors (Lipinski definition) is 0. The highest BCUT2D eigenvalue weighted by molar-refractivity contribution is 4.79. The first-order chi connectivity index (χ1) is 6.75. The van der Waals surface area contributed by atoms with E-state index in [1.165, 1.54) is 25.7 Å². The predicted molar refractivity (Wildman–Crippen MR) is 56.3 cm³/mol. The van der Waals surface area contributed by atoms with Crippen LogP contribution in [0.1, 0.15) is 39.5 Å². The molecule has 0 aromatic carbocycles. The van der Waals surface area contributed by atoms with Crippen LogP contribution in [-0.4, -0.2) is 25.4 Å². The Morgan fingerprint density at radius 3 is 1.43 bits per heavy atom. The molecule has 0 amide bonds. The maximum atomic E-state index is 5.84. The highest BCUT2D eigenvalue weighted by Gasteiger charge is 2.30. The second kappa shape index (κ2) is 4.63. The molecule has 0 saturated carbocycles. The topological polar surface area (TPSA) is 18.5 Å². The van der Waals surface area contributed by atoms with E-state index in [2.05, 4.69) is 13.8 Å². The van der Waals surface area contributed by atoms with Crippen molar-refractivity contribution in [3.05, 3.63) is 0 Å². The molecular formula is C12H22O2. The van der Waals surface area contributed by atoms with Crippen LogP contribution in [-0.2, 0) is 9.47 Å². The standard InChI is InChI=1S/C12H22O2/c1-9-3-5-11(13-7-9)12-6-4-10(2)8-14-12/h9-12H,3-8H2,1-2H3. The molecule has 14 heavy (non-hydrogen) atoms. The van der Waals surface area contributed by atoms with E-state index in [-0.39, 0.29) is 0 Å². The molecule has 2 nitrogen and oxygen atoms in total. The summed E-state index contributed by atoms with van der Waals surface area (Å²) in [6, 6.07) is 0. The van der Waals surface area contributed by atoms with E-state index in [4.69, 9.17) is 9.47 Å². The van der Waals surface area contributed by atoms with E-state index < -0.39 is 0 Å². The van der Waals surface area contributed by atoms with Gasteiger partial charge in [0, 0.05) is 13.2 Å². The van der Waals surface area contributed by atoms with Crippen molar-refractivity contribution in [1.29, 1.82) is 0 Å². The second-order valence-corrected chi connectivity index (χ2v) is 5.11. The molecule has 0 aliphatic carbocycles. The Labute approximate surface area is 87.0 Å². The molecule has 2 rings (SSSR count). The molecule has 2 aliphatic heterocycles. The normalized spacial score (nSPS) is 45.0. The summed E-state index contributed by atoms with van der Waals surface area (Å²) in [7, 11) is 0. The van der Waals surface area contributed by atoms with Gasteiger partial charge in [-0.25, -0.2) is 0 Å². The van der Waals surface area contributed by atoms with Crippen molar-refractivity contribution in [3.63, 3.8) is 0 Å². The van der Waals surface area contributed by atoms with Crippen LogP contribution in [0.15, 0.2) is 0 Å². The fourth-order valence-corrected chi connectivity index (χ4v) is 2.39. The third-order valence-electron chi connectivity index (χ3n) is 3.49. The Hall–Kier alpha value is -0.0800. The van der Waals surface area contributed by atoms with E-state index in [1.807, 2.05) is 0 Å². The van der Waals surface area contributed by atoms with Crippen LogP contribution >= 0.6 is 0 Å². The van der Waals surface area contributed by atoms with Crippen molar-refractivity contribution in [2.75, 3.05) is 13.2 Å². The molecule has 82 valence electrons. The van der Waals surface area contributed by atoms with Crippen LogP contribution in [0.25, 0.3) is 0 Å². The lowest BCUT2D eigenvalue weighted by atomic mass is 9.92. The molecule has 4 atom stereocenters. The quantitative estimate of drug-likeness (QED) is 0.645. The number of rotatable bonds is 1. The molecule has 0 aromatic heterocycles. The highest BCUT2D eigenvalue weighted by atomic mass is 16.5. The van der Waals surface area contributed by atoms with Gasteiger partial charge in [0.25, 0.3) is 0 Å². The molecule has 2 saturated heterocycles. The number of ether oxygens (including phenoxy) is 2. The van der Waals surface area contributed by atoms with E-state index in [1.54, 1.807) is 0 Å². The molecule has 2 aliphatic rings. The Balaban J connectivity index is 1.78. The fraction of sp³-hybridized carbons (Fsp3) is 1.00. The Morgan fingerprint density at radius 1 is 0.714 bits per heavy atom. The van der Waals surface area contributed by atoms with Gasteiger partial charge in [0.2, 0.25) is 0 Å². The zero-order valence-electron chi connectivity index (χ0n) is 9.37. The summed E-state index contributed by atoms with van der Waals surface area (Å²) in [5, 5.41) is 0. The van der Waals surface area contributed by atoms with Crippen LogP contribution in [0.4, 0.5) is 0 Å². The first-order valence-corrected chi connectivity index (χ1v) is 5.99. The summed E-state index contributed by atoms with van der Waals surface area (Å²) < 4.78 is 11.7. The Kier molecular flexibility index (Phi) is 3.45. The second-order valence-electron chi connectivity index (χ2n) is 5.11. The Morgan fingerprint density at radius 2 is 1.14 bits per heavy atom.